The third-order valence-corrected chi connectivity index (χ3v) is 3.60. The Morgan fingerprint density at radius 1 is 1.06 bits per heavy atom. The second kappa shape index (κ2) is 6.09. The molecule has 4 nitrogen and oxygen atoms in total. The molecule has 0 spiro atoms. The van der Waals surface area contributed by atoms with Crippen LogP contribution >= 0.6 is 0 Å². The minimum atomic E-state index is 0.0128. The van der Waals surface area contributed by atoms with Gasteiger partial charge in [-0.05, 0) is 38.8 Å². The van der Waals surface area contributed by atoms with Crippen LogP contribution in [0.4, 0.5) is 4.79 Å². The highest BCUT2D eigenvalue weighted by Crippen LogP contribution is 2.17. The number of nitrogens with zero attached hydrogens (tertiary/aromatic N) is 1. The van der Waals surface area contributed by atoms with Crippen molar-refractivity contribution in [3.8, 4) is 0 Å². The van der Waals surface area contributed by atoms with Crippen LogP contribution in [0.25, 0.3) is 0 Å². The van der Waals surface area contributed by atoms with Crippen molar-refractivity contribution < 1.29 is 4.79 Å². The van der Waals surface area contributed by atoms with Crippen LogP contribution in [0.2, 0.25) is 0 Å². The lowest BCUT2D eigenvalue weighted by Crippen LogP contribution is -2.46. The number of nitrogens with one attached hydrogen (secondary N) is 2. The van der Waals surface area contributed by atoms with Gasteiger partial charge in [0, 0.05) is 6.04 Å². The van der Waals surface area contributed by atoms with Gasteiger partial charge in [-0.3, -0.25) is 4.90 Å². The number of carbonyl (C=O) groups is 1. The maximum Gasteiger partial charge on any atom is 0.316 e. The number of urea groups is 1. The van der Waals surface area contributed by atoms with Crippen molar-refractivity contribution in [1.29, 1.82) is 0 Å². The predicted octanol–water partition coefficient (Wildman–Crippen LogP) is 1.67. The van der Waals surface area contributed by atoms with Crippen molar-refractivity contribution in [2.24, 2.45) is 0 Å². The van der Waals surface area contributed by atoms with E-state index in [0.29, 0.717) is 12.7 Å². The van der Waals surface area contributed by atoms with Crippen molar-refractivity contribution in [1.82, 2.24) is 15.5 Å². The van der Waals surface area contributed by atoms with Crippen LogP contribution < -0.4 is 10.6 Å². The smallest absolute Gasteiger partial charge is 0.316 e. The van der Waals surface area contributed by atoms with Gasteiger partial charge >= 0.3 is 6.03 Å². The van der Waals surface area contributed by atoms with E-state index < -0.39 is 0 Å². The molecule has 92 valence electrons. The Kier molecular flexibility index (Phi) is 4.45. The quantitative estimate of drug-likeness (QED) is 0.767. The summed E-state index contributed by atoms with van der Waals surface area (Å²) in [5.41, 5.74) is 0. The molecule has 1 heterocycles. The molecule has 0 unspecified atom stereocenters. The van der Waals surface area contributed by atoms with Gasteiger partial charge in [-0.15, -0.1) is 0 Å². The molecule has 16 heavy (non-hydrogen) atoms. The Bertz CT molecular complexity index is 220. The molecule has 2 N–H and O–H groups in total. The fraction of sp³-hybridized carbons (Fsp3) is 0.917. The molecule has 0 bridgehead atoms. The Hall–Kier alpha value is -0.770. The average molecular weight is 225 g/mol. The first-order valence-corrected chi connectivity index (χ1v) is 6.61. The SMILES string of the molecule is O=C(NCN1CCCC1)NC1CCCCC1. The van der Waals surface area contributed by atoms with E-state index in [2.05, 4.69) is 15.5 Å². The summed E-state index contributed by atoms with van der Waals surface area (Å²) in [6, 6.07) is 0.422. The van der Waals surface area contributed by atoms with E-state index in [1.165, 1.54) is 32.1 Å². The first kappa shape index (κ1) is 11.7. The minimum absolute atomic E-state index is 0.0128. The van der Waals surface area contributed by atoms with Gasteiger partial charge in [-0.25, -0.2) is 4.79 Å². The van der Waals surface area contributed by atoms with E-state index in [9.17, 15) is 4.79 Å². The molecule has 1 aliphatic carbocycles. The molecule has 2 rings (SSSR count). The molecule has 4 heteroatoms. The minimum Gasteiger partial charge on any atom is -0.335 e. The number of hydrogen-bond donors (Lipinski definition) is 2. The van der Waals surface area contributed by atoms with Gasteiger partial charge in [0.05, 0.1) is 6.67 Å². The van der Waals surface area contributed by atoms with Gasteiger partial charge in [-0.1, -0.05) is 19.3 Å². The topological polar surface area (TPSA) is 44.4 Å². The molecular formula is C12H23N3O. The van der Waals surface area contributed by atoms with Crippen molar-refractivity contribution in [2.45, 2.75) is 51.0 Å². The summed E-state index contributed by atoms with van der Waals surface area (Å²) in [7, 11) is 0. The summed E-state index contributed by atoms with van der Waals surface area (Å²) in [4.78, 5) is 13.9. The standard InChI is InChI=1S/C12H23N3O/c16-12(13-10-15-8-4-5-9-15)14-11-6-2-1-3-7-11/h11H,1-10H2,(H2,13,14,16). The fourth-order valence-electron chi connectivity index (χ4n) is 2.61. The Morgan fingerprint density at radius 2 is 1.75 bits per heavy atom. The normalized spacial score (nSPS) is 23.2. The van der Waals surface area contributed by atoms with E-state index in [-0.39, 0.29) is 6.03 Å². The summed E-state index contributed by atoms with van der Waals surface area (Å²) in [5.74, 6) is 0. The van der Waals surface area contributed by atoms with E-state index in [4.69, 9.17) is 0 Å². The van der Waals surface area contributed by atoms with E-state index >= 15 is 0 Å². The fourth-order valence-corrected chi connectivity index (χ4v) is 2.61. The summed E-state index contributed by atoms with van der Waals surface area (Å²) in [6.45, 7) is 2.96. The second-order valence-electron chi connectivity index (χ2n) is 4.97. The number of likely N-dealkylation sites (tertiary alicyclic amines) is 1. The summed E-state index contributed by atoms with van der Waals surface area (Å²) in [6.07, 6.45) is 8.69. The van der Waals surface area contributed by atoms with E-state index in [1.54, 1.807) is 0 Å². The van der Waals surface area contributed by atoms with Crippen LogP contribution in [0.3, 0.4) is 0 Å². The predicted molar refractivity (Wildman–Crippen MR) is 64.2 cm³/mol. The van der Waals surface area contributed by atoms with E-state index in [0.717, 1.165) is 25.9 Å². The van der Waals surface area contributed by atoms with Crippen LogP contribution in [0.5, 0.6) is 0 Å². The molecule has 1 saturated heterocycles. The van der Waals surface area contributed by atoms with Gasteiger partial charge < -0.3 is 10.6 Å². The molecule has 2 aliphatic rings. The first-order chi connectivity index (χ1) is 7.84. The highest BCUT2D eigenvalue weighted by molar-refractivity contribution is 5.74. The molecule has 1 saturated carbocycles. The van der Waals surface area contributed by atoms with Crippen LogP contribution in [0.1, 0.15) is 44.9 Å². The Morgan fingerprint density at radius 3 is 2.44 bits per heavy atom. The third kappa shape index (κ3) is 3.67. The maximum atomic E-state index is 11.6. The van der Waals surface area contributed by atoms with Crippen LogP contribution in [-0.2, 0) is 0 Å². The molecule has 0 atom stereocenters. The first-order valence-electron chi connectivity index (χ1n) is 6.61. The van der Waals surface area contributed by atoms with Gasteiger partial charge in [-0.2, -0.15) is 0 Å². The van der Waals surface area contributed by atoms with Gasteiger partial charge in [0.15, 0.2) is 0 Å². The maximum absolute atomic E-state index is 11.6. The van der Waals surface area contributed by atoms with Crippen molar-refractivity contribution in [3.63, 3.8) is 0 Å². The van der Waals surface area contributed by atoms with E-state index in [1.807, 2.05) is 0 Å². The number of carbonyl (C=O) groups excluding carboxylic acids is 1. The van der Waals surface area contributed by atoms with Gasteiger partial charge in [0.25, 0.3) is 0 Å². The monoisotopic (exact) mass is 225 g/mol. The van der Waals surface area contributed by atoms with Crippen LogP contribution in [0, 0.1) is 0 Å². The molecular weight excluding hydrogens is 202 g/mol. The summed E-state index contributed by atoms with van der Waals surface area (Å²) in [5, 5.41) is 6.01. The zero-order chi connectivity index (χ0) is 11.2. The molecule has 2 fully saturated rings. The highest BCUT2D eigenvalue weighted by Gasteiger charge is 2.16. The van der Waals surface area contributed by atoms with Crippen molar-refractivity contribution in [3.05, 3.63) is 0 Å². The highest BCUT2D eigenvalue weighted by atomic mass is 16.2. The molecule has 0 radical (unpaired) electrons. The second-order valence-corrected chi connectivity index (χ2v) is 4.97. The number of amides is 2. The zero-order valence-corrected chi connectivity index (χ0v) is 10.0. The van der Waals surface area contributed by atoms with Gasteiger partial charge in [0.2, 0.25) is 0 Å². The Balaban J connectivity index is 1.59. The lowest BCUT2D eigenvalue weighted by molar-refractivity contribution is 0.222. The largest absolute Gasteiger partial charge is 0.335 e. The molecule has 1 aliphatic heterocycles. The summed E-state index contributed by atoms with van der Waals surface area (Å²) >= 11 is 0. The van der Waals surface area contributed by atoms with Crippen molar-refractivity contribution >= 4 is 6.03 Å². The lowest BCUT2D eigenvalue weighted by Gasteiger charge is -2.23. The van der Waals surface area contributed by atoms with Crippen molar-refractivity contribution in [2.75, 3.05) is 19.8 Å². The zero-order valence-electron chi connectivity index (χ0n) is 10.0. The van der Waals surface area contributed by atoms with Crippen LogP contribution in [0.15, 0.2) is 0 Å². The summed E-state index contributed by atoms with van der Waals surface area (Å²) < 4.78 is 0. The molecule has 0 aromatic carbocycles. The molecule has 2 amide bonds. The molecule has 0 aromatic heterocycles. The third-order valence-electron chi connectivity index (χ3n) is 3.60. The number of rotatable bonds is 3. The van der Waals surface area contributed by atoms with Crippen LogP contribution in [-0.4, -0.2) is 36.7 Å². The lowest BCUT2D eigenvalue weighted by atomic mass is 9.96. The molecule has 0 aromatic rings. The Labute approximate surface area is 97.8 Å². The average Bonchev–Trinajstić information content (AvgIpc) is 2.81. The number of hydrogen-bond acceptors (Lipinski definition) is 2. The van der Waals surface area contributed by atoms with Gasteiger partial charge in [0.1, 0.15) is 0 Å².